The summed E-state index contributed by atoms with van der Waals surface area (Å²) >= 11 is 0. The van der Waals surface area contributed by atoms with Crippen molar-refractivity contribution in [1.82, 2.24) is 0 Å². The molecule has 0 atom stereocenters. The van der Waals surface area contributed by atoms with Crippen molar-refractivity contribution in [2.24, 2.45) is 0 Å². The van der Waals surface area contributed by atoms with Gasteiger partial charge in [0.15, 0.2) is 0 Å². The topological polar surface area (TPSA) is 53.2 Å². The summed E-state index contributed by atoms with van der Waals surface area (Å²) in [4.78, 5) is 0. The highest BCUT2D eigenvalue weighted by atomic mass is 16.5. The summed E-state index contributed by atoms with van der Waals surface area (Å²) in [5, 5.41) is 18.2. The van der Waals surface area contributed by atoms with E-state index in [4.69, 9.17) is 9.84 Å². The number of benzene rings is 2. The Morgan fingerprint density at radius 1 is 1.17 bits per heavy atom. The van der Waals surface area contributed by atoms with Crippen molar-refractivity contribution in [3.05, 3.63) is 53.6 Å². The molecule has 2 aromatic rings. The average molecular weight is 239 g/mol. The quantitative estimate of drug-likeness (QED) is 0.896. The number of nitriles is 1. The van der Waals surface area contributed by atoms with E-state index in [-0.39, 0.29) is 6.61 Å². The molecule has 0 saturated carbocycles. The predicted molar refractivity (Wildman–Crippen MR) is 69.1 cm³/mol. The van der Waals surface area contributed by atoms with Gasteiger partial charge in [0.25, 0.3) is 0 Å². The summed E-state index contributed by atoms with van der Waals surface area (Å²) < 4.78 is 5.18. The van der Waals surface area contributed by atoms with Gasteiger partial charge in [0.05, 0.1) is 13.7 Å². The van der Waals surface area contributed by atoms with Crippen LogP contribution in [0, 0.1) is 11.3 Å². The van der Waals surface area contributed by atoms with Crippen molar-refractivity contribution in [2.75, 3.05) is 7.11 Å². The molecule has 0 aliphatic rings. The molecule has 0 unspecified atom stereocenters. The summed E-state index contributed by atoms with van der Waals surface area (Å²) in [6, 6.07) is 15.1. The van der Waals surface area contributed by atoms with Crippen molar-refractivity contribution in [1.29, 1.82) is 5.26 Å². The molecule has 0 amide bonds. The molecule has 2 aromatic carbocycles. The fourth-order valence-corrected chi connectivity index (χ4v) is 1.85. The van der Waals surface area contributed by atoms with Crippen molar-refractivity contribution in [2.45, 2.75) is 6.61 Å². The molecule has 90 valence electrons. The second kappa shape index (κ2) is 5.35. The Morgan fingerprint density at radius 3 is 2.44 bits per heavy atom. The third-order valence-corrected chi connectivity index (χ3v) is 2.81. The van der Waals surface area contributed by atoms with Gasteiger partial charge in [-0.2, -0.15) is 5.26 Å². The number of aliphatic hydroxyl groups is 1. The Kier molecular flexibility index (Phi) is 3.61. The standard InChI is InChI=1S/C15H13NO2/c1-18-15-4-2-3-13(14(15)9-16)12-7-5-11(10-17)6-8-12/h2-8,17H,10H2,1H3. The highest BCUT2D eigenvalue weighted by molar-refractivity contribution is 5.73. The highest BCUT2D eigenvalue weighted by Crippen LogP contribution is 2.30. The zero-order valence-corrected chi connectivity index (χ0v) is 10.1. The first kappa shape index (κ1) is 12.2. The normalized spacial score (nSPS) is 9.83. The Morgan fingerprint density at radius 2 is 1.89 bits per heavy atom. The van der Waals surface area contributed by atoms with Crippen LogP contribution in [0.5, 0.6) is 5.75 Å². The van der Waals surface area contributed by atoms with Crippen molar-refractivity contribution < 1.29 is 9.84 Å². The molecular formula is C15H13NO2. The molecule has 2 rings (SSSR count). The summed E-state index contributed by atoms with van der Waals surface area (Å²) in [6.45, 7) is 0.0174. The smallest absolute Gasteiger partial charge is 0.137 e. The van der Waals surface area contributed by atoms with E-state index >= 15 is 0 Å². The van der Waals surface area contributed by atoms with Crippen LogP contribution < -0.4 is 4.74 Å². The summed E-state index contributed by atoms with van der Waals surface area (Å²) in [5.74, 6) is 0.571. The van der Waals surface area contributed by atoms with Gasteiger partial charge in [-0.15, -0.1) is 0 Å². The minimum atomic E-state index is 0.0174. The summed E-state index contributed by atoms with van der Waals surface area (Å²) in [5.41, 5.74) is 3.14. The van der Waals surface area contributed by atoms with Crippen LogP contribution in [0.1, 0.15) is 11.1 Å². The van der Waals surface area contributed by atoms with Gasteiger partial charge in [-0.05, 0) is 17.2 Å². The number of rotatable bonds is 3. The molecule has 0 fully saturated rings. The minimum Gasteiger partial charge on any atom is -0.495 e. The molecule has 0 bridgehead atoms. The highest BCUT2D eigenvalue weighted by Gasteiger charge is 2.09. The molecule has 0 radical (unpaired) electrons. The summed E-state index contributed by atoms with van der Waals surface area (Å²) in [7, 11) is 1.55. The molecule has 0 aromatic heterocycles. The van der Waals surface area contributed by atoms with E-state index < -0.39 is 0 Å². The zero-order chi connectivity index (χ0) is 13.0. The fraction of sp³-hybridized carbons (Fsp3) is 0.133. The first-order chi connectivity index (χ1) is 8.80. The van der Waals surface area contributed by atoms with Gasteiger partial charge >= 0.3 is 0 Å². The average Bonchev–Trinajstić information content (AvgIpc) is 2.46. The van der Waals surface area contributed by atoms with Crippen LogP contribution in [0.4, 0.5) is 0 Å². The van der Waals surface area contributed by atoms with Gasteiger partial charge in [0.2, 0.25) is 0 Å². The van der Waals surface area contributed by atoms with E-state index in [1.54, 1.807) is 13.2 Å². The molecule has 3 nitrogen and oxygen atoms in total. The van der Waals surface area contributed by atoms with E-state index in [0.717, 1.165) is 16.7 Å². The fourth-order valence-electron chi connectivity index (χ4n) is 1.85. The van der Waals surface area contributed by atoms with Crippen molar-refractivity contribution in [3.8, 4) is 22.9 Å². The Balaban J connectivity index is 2.53. The largest absolute Gasteiger partial charge is 0.495 e. The van der Waals surface area contributed by atoms with E-state index in [0.29, 0.717) is 11.3 Å². The Labute approximate surface area is 106 Å². The third-order valence-electron chi connectivity index (χ3n) is 2.81. The molecule has 18 heavy (non-hydrogen) atoms. The minimum absolute atomic E-state index is 0.0174. The lowest BCUT2D eigenvalue weighted by atomic mass is 9.98. The second-order valence-corrected chi connectivity index (χ2v) is 3.85. The number of ether oxygens (including phenoxy) is 1. The van der Waals surface area contributed by atoms with Gasteiger partial charge in [0.1, 0.15) is 17.4 Å². The van der Waals surface area contributed by atoms with E-state index in [1.807, 2.05) is 36.4 Å². The van der Waals surface area contributed by atoms with Gasteiger partial charge in [-0.25, -0.2) is 0 Å². The number of hydrogen-bond donors (Lipinski definition) is 1. The van der Waals surface area contributed by atoms with E-state index in [1.165, 1.54) is 0 Å². The van der Waals surface area contributed by atoms with E-state index in [2.05, 4.69) is 6.07 Å². The molecule has 3 heteroatoms. The maximum atomic E-state index is 9.22. The van der Waals surface area contributed by atoms with Crippen LogP contribution in [0.25, 0.3) is 11.1 Å². The Hall–Kier alpha value is -2.31. The first-order valence-corrected chi connectivity index (χ1v) is 5.57. The molecule has 0 aliphatic heterocycles. The Bertz CT molecular complexity index is 582. The third kappa shape index (κ3) is 2.20. The lowest BCUT2D eigenvalue weighted by Gasteiger charge is -2.08. The monoisotopic (exact) mass is 239 g/mol. The van der Waals surface area contributed by atoms with Crippen LogP contribution in [0.2, 0.25) is 0 Å². The van der Waals surface area contributed by atoms with Gasteiger partial charge in [0, 0.05) is 5.56 Å². The van der Waals surface area contributed by atoms with Crippen LogP contribution in [-0.2, 0) is 6.61 Å². The number of aliphatic hydroxyl groups excluding tert-OH is 1. The van der Waals surface area contributed by atoms with Crippen LogP contribution in [0.15, 0.2) is 42.5 Å². The molecule has 0 saturated heterocycles. The lowest BCUT2D eigenvalue weighted by Crippen LogP contribution is -1.91. The first-order valence-electron chi connectivity index (χ1n) is 5.57. The van der Waals surface area contributed by atoms with Crippen molar-refractivity contribution >= 4 is 0 Å². The molecular weight excluding hydrogens is 226 g/mol. The summed E-state index contributed by atoms with van der Waals surface area (Å²) in [6.07, 6.45) is 0. The number of nitrogens with zero attached hydrogens (tertiary/aromatic N) is 1. The second-order valence-electron chi connectivity index (χ2n) is 3.85. The van der Waals surface area contributed by atoms with Crippen LogP contribution in [-0.4, -0.2) is 12.2 Å². The van der Waals surface area contributed by atoms with E-state index in [9.17, 15) is 5.26 Å². The van der Waals surface area contributed by atoms with Crippen LogP contribution >= 0.6 is 0 Å². The van der Waals surface area contributed by atoms with Gasteiger partial charge in [-0.3, -0.25) is 0 Å². The van der Waals surface area contributed by atoms with Gasteiger partial charge in [-0.1, -0.05) is 36.4 Å². The van der Waals surface area contributed by atoms with Gasteiger partial charge < -0.3 is 9.84 Å². The molecule has 0 spiro atoms. The SMILES string of the molecule is COc1cccc(-c2ccc(CO)cc2)c1C#N. The zero-order valence-electron chi connectivity index (χ0n) is 10.1. The maximum absolute atomic E-state index is 9.22. The lowest BCUT2D eigenvalue weighted by molar-refractivity contribution is 0.282. The predicted octanol–water partition coefficient (Wildman–Crippen LogP) is 2.73. The van der Waals surface area contributed by atoms with Crippen LogP contribution in [0.3, 0.4) is 0 Å². The molecule has 0 aliphatic carbocycles. The number of methoxy groups -OCH3 is 1. The number of hydrogen-bond acceptors (Lipinski definition) is 3. The molecule has 0 heterocycles. The molecule has 1 N–H and O–H groups in total. The maximum Gasteiger partial charge on any atom is 0.137 e. The van der Waals surface area contributed by atoms with Crippen molar-refractivity contribution in [3.63, 3.8) is 0 Å².